The van der Waals surface area contributed by atoms with Crippen LogP contribution in [0.3, 0.4) is 0 Å². The summed E-state index contributed by atoms with van der Waals surface area (Å²) >= 11 is 1.31. The number of thiazole rings is 1. The smallest absolute Gasteiger partial charge is 0.338 e. The van der Waals surface area contributed by atoms with Crippen LogP contribution in [0.2, 0.25) is 0 Å². The van der Waals surface area contributed by atoms with Crippen molar-refractivity contribution in [2.75, 3.05) is 6.61 Å². The topological polar surface area (TPSA) is 78.5 Å². The van der Waals surface area contributed by atoms with E-state index in [1.807, 2.05) is 49.5 Å². The number of benzene rings is 1. The zero-order valence-electron chi connectivity index (χ0n) is 17.0. The molecular weight excluding hydrogens is 400 g/mol. The van der Waals surface area contributed by atoms with E-state index in [0.717, 1.165) is 17.7 Å². The zero-order valence-corrected chi connectivity index (χ0v) is 17.8. The van der Waals surface area contributed by atoms with E-state index in [0.29, 0.717) is 20.6 Å². The van der Waals surface area contributed by atoms with E-state index in [4.69, 9.17) is 4.74 Å². The molecular formula is C22H22N4O3S. The van der Waals surface area contributed by atoms with Gasteiger partial charge >= 0.3 is 5.97 Å². The van der Waals surface area contributed by atoms with Crippen molar-refractivity contribution in [1.82, 2.24) is 14.3 Å². The van der Waals surface area contributed by atoms with Gasteiger partial charge in [0.1, 0.15) is 0 Å². The molecule has 3 heterocycles. The van der Waals surface area contributed by atoms with E-state index in [1.54, 1.807) is 29.3 Å². The van der Waals surface area contributed by atoms with Crippen LogP contribution in [0.25, 0.3) is 6.08 Å². The second kappa shape index (κ2) is 8.23. The molecule has 1 aliphatic heterocycles. The Morgan fingerprint density at radius 1 is 1.27 bits per heavy atom. The number of esters is 1. The molecule has 0 fully saturated rings. The summed E-state index contributed by atoms with van der Waals surface area (Å²) in [6.45, 7) is 6.56. The Hall–Kier alpha value is -3.26. The van der Waals surface area contributed by atoms with Gasteiger partial charge in [0.2, 0.25) is 0 Å². The number of fused-ring (bicyclic) bond motifs is 1. The number of rotatable bonds is 5. The van der Waals surface area contributed by atoms with Crippen LogP contribution in [0, 0.1) is 0 Å². The summed E-state index contributed by atoms with van der Waals surface area (Å²) in [7, 11) is 0. The second-order valence-electron chi connectivity index (χ2n) is 6.84. The Bertz CT molecular complexity index is 1300. The third kappa shape index (κ3) is 3.54. The Morgan fingerprint density at radius 3 is 2.70 bits per heavy atom. The average molecular weight is 423 g/mol. The Labute approximate surface area is 177 Å². The SMILES string of the molecule is CCOC(=O)C1=C(C)N=c2s/c(=C/c3cnn(CC)c3)c(=O)n2[C@H]1c1ccccc1. The van der Waals surface area contributed by atoms with Gasteiger partial charge in [-0.05, 0) is 32.4 Å². The minimum absolute atomic E-state index is 0.189. The van der Waals surface area contributed by atoms with Crippen molar-refractivity contribution in [1.29, 1.82) is 0 Å². The third-order valence-corrected chi connectivity index (χ3v) is 5.89. The minimum atomic E-state index is -0.581. The van der Waals surface area contributed by atoms with Crippen LogP contribution in [0.1, 0.15) is 37.9 Å². The van der Waals surface area contributed by atoms with Gasteiger partial charge < -0.3 is 4.74 Å². The van der Waals surface area contributed by atoms with Gasteiger partial charge in [0.05, 0.1) is 34.6 Å². The molecule has 4 rings (SSSR count). The Kier molecular flexibility index (Phi) is 5.50. The van der Waals surface area contributed by atoms with Crippen molar-refractivity contribution in [2.45, 2.75) is 33.4 Å². The van der Waals surface area contributed by atoms with Gasteiger partial charge in [-0.2, -0.15) is 5.10 Å². The largest absolute Gasteiger partial charge is 0.463 e. The number of allylic oxidation sites excluding steroid dienone is 1. The molecule has 30 heavy (non-hydrogen) atoms. The van der Waals surface area contributed by atoms with Crippen LogP contribution in [0.4, 0.5) is 0 Å². The maximum absolute atomic E-state index is 13.4. The third-order valence-electron chi connectivity index (χ3n) is 4.91. The average Bonchev–Trinajstić information content (AvgIpc) is 3.32. The second-order valence-corrected chi connectivity index (χ2v) is 7.85. The van der Waals surface area contributed by atoms with E-state index in [9.17, 15) is 9.59 Å². The highest BCUT2D eigenvalue weighted by atomic mass is 32.1. The summed E-state index contributed by atoms with van der Waals surface area (Å²) < 4.78 is 9.23. The van der Waals surface area contributed by atoms with Gasteiger partial charge in [0.25, 0.3) is 5.56 Å². The lowest BCUT2D eigenvalue weighted by Crippen LogP contribution is -2.39. The van der Waals surface area contributed by atoms with Crippen LogP contribution >= 0.6 is 11.3 Å². The van der Waals surface area contributed by atoms with Crippen molar-refractivity contribution >= 4 is 23.4 Å². The molecule has 1 aromatic carbocycles. The molecule has 0 aliphatic carbocycles. The van der Waals surface area contributed by atoms with Crippen molar-refractivity contribution in [3.8, 4) is 0 Å². The molecule has 1 atom stereocenters. The predicted octanol–water partition coefficient (Wildman–Crippen LogP) is 2.01. The molecule has 1 aliphatic rings. The van der Waals surface area contributed by atoms with E-state index in [2.05, 4.69) is 10.1 Å². The van der Waals surface area contributed by atoms with Gasteiger partial charge in [-0.1, -0.05) is 41.7 Å². The molecule has 7 nitrogen and oxygen atoms in total. The van der Waals surface area contributed by atoms with Gasteiger partial charge in [-0.3, -0.25) is 14.0 Å². The first-order chi connectivity index (χ1) is 14.5. The van der Waals surface area contributed by atoms with Crippen molar-refractivity contribution in [2.24, 2.45) is 4.99 Å². The Morgan fingerprint density at radius 2 is 2.03 bits per heavy atom. The molecule has 3 aromatic rings. The zero-order chi connectivity index (χ0) is 21.3. The van der Waals surface area contributed by atoms with E-state index in [-0.39, 0.29) is 12.2 Å². The number of carbonyl (C=O) groups excluding carboxylic acids is 1. The maximum atomic E-state index is 13.4. The number of aromatic nitrogens is 3. The van der Waals surface area contributed by atoms with Gasteiger partial charge in [-0.15, -0.1) is 0 Å². The molecule has 0 unspecified atom stereocenters. The maximum Gasteiger partial charge on any atom is 0.338 e. The highest BCUT2D eigenvalue weighted by molar-refractivity contribution is 7.07. The summed E-state index contributed by atoms with van der Waals surface area (Å²) in [4.78, 5) is 31.3. The fourth-order valence-corrected chi connectivity index (χ4v) is 4.57. The fourth-order valence-electron chi connectivity index (χ4n) is 3.52. The number of ether oxygens (including phenoxy) is 1. The normalized spacial score (nSPS) is 16.4. The summed E-state index contributed by atoms with van der Waals surface area (Å²) in [6.07, 6.45) is 5.43. The van der Waals surface area contributed by atoms with Crippen molar-refractivity contribution in [3.63, 3.8) is 0 Å². The molecule has 0 amide bonds. The molecule has 154 valence electrons. The highest BCUT2D eigenvalue weighted by Crippen LogP contribution is 2.30. The summed E-state index contributed by atoms with van der Waals surface area (Å²) in [5.41, 5.74) is 2.45. The Balaban J connectivity index is 1.93. The molecule has 0 spiro atoms. The molecule has 0 bridgehead atoms. The monoisotopic (exact) mass is 422 g/mol. The summed E-state index contributed by atoms with van der Waals surface area (Å²) in [5.74, 6) is -0.453. The van der Waals surface area contributed by atoms with Gasteiger partial charge in [-0.25, -0.2) is 9.79 Å². The van der Waals surface area contributed by atoms with Crippen LogP contribution in [-0.2, 0) is 16.1 Å². The van der Waals surface area contributed by atoms with E-state index in [1.165, 1.54) is 11.3 Å². The van der Waals surface area contributed by atoms with E-state index < -0.39 is 12.0 Å². The molecule has 0 N–H and O–H groups in total. The molecule has 0 saturated heterocycles. The fraction of sp³-hybridized carbons (Fsp3) is 0.273. The first kappa shape index (κ1) is 20.0. The summed E-state index contributed by atoms with van der Waals surface area (Å²) in [5, 5.41) is 4.26. The predicted molar refractivity (Wildman–Crippen MR) is 115 cm³/mol. The molecule has 2 aromatic heterocycles. The molecule has 8 heteroatoms. The van der Waals surface area contributed by atoms with Crippen LogP contribution in [0.15, 0.2) is 63.8 Å². The van der Waals surface area contributed by atoms with Crippen LogP contribution < -0.4 is 14.9 Å². The van der Waals surface area contributed by atoms with Gasteiger partial charge in [0, 0.05) is 18.3 Å². The summed E-state index contributed by atoms with van der Waals surface area (Å²) in [6, 6.07) is 8.92. The standard InChI is InChI=1S/C22H22N4O3S/c1-4-25-13-15(12-23-25)11-17-20(27)26-19(16-9-7-6-8-10-16)18(21(28)29-5-2)14(3)24-22(26)30-17/h6-13,19H,4-5H2,1-3H3/b17-11+/t19-/m0/s1. The first-order valence-electron chi connectivity index (χ1n) is 9.80. The number of nitrogens with zero attached hydrogens (tertiary/aromatic N) is 4. The van der Waals surface area contributed by atoms with Crippen LogP contribution in [0.5, 0.6) is 0 Å². The number of hydrogen-bond acceptors (Lipinski definition) is 6. The first-order valence-corrected chi connectivity index (χ1v) is 10.6. The minimum Gasteiger partial charge on any atom is -0.463 e. The number of carbonyl (C=O) groups is 1. The highest BCUT2D eigenvalue weighted by Gasteiger charge is 2.33. The molecule has 0 saturated carbocycles. The van der Waals surface area contributed by atoms with Crippen molar-refractivity contribution in [3.05, 3.63) is 84.8 Å². The lowest BCUT2D eigenvalue weighted by atomic mass is 9.96. The quantitative estimate of drug-likeness (QED) is 0.590. The lowest BCUT2D eigenvalue weighted by molar-refractivity contribution is -0.139. The van der Waals surface area contributed by atoms with E-state index >= 15 is 0 Å². The number of aryl methyl sites for hydroxylation is 1. The van der Waals surface area contributed by atoms with Gasteiger partial charge in [0.15, 0.2) is 4.80 Å². The van der Waals surface area contributed by atoms with Crippen molar-refractivity contribution < 1.29 is 9.53 Å². The molecule has 0 radical (unpaired) electrons. The van der Waals surface area contributed by atoms with Crippen LogP contribution in [-0.4, -0.2) is 26.9 Å². The lowest BCUT2D eigenvalue weighted by Gasteiger charge is -2.24. The number of hydrogen-bond donors (Lipinski definition) is 0.